The molecule has 0 saturated carbocycles. The monoisotopic (exact) mass is 377 g/mol. The molecule has 0 fully saturated rings. The van der Waals surface area contributed by atoms with Gasteiger partial charge in [0.2, 0.25) is 5.17 Å². The zero-order valence-corrected chi connectivity index (χ0v) is 15.4. The van der Waals surface area contributed by atoms with Crippen molar-refractivity contribution in [1.29, 1.82) is 0 Å². The Kier molecular flexibility index (Phi) is 5.15. The highest BCUT2D eigenvalue weighted by atomic mass is 32.2. The summed E-state index contributed by atoms with van der Waals surface area (Å²) in [6, 6.07) is 16.1. The van der Waals surface area contributed by atoms with Gasteiger partial charge in [-0.15, -0.1) is 10.2 Å². The van der Waals surface area contributed by atoms with Crippen molar-refractivity contribution in [1.82, 2.24) is 5.06 Å². The maximum absolute atomic E-state index is 9.51. The lowest BCUT2D eigenvalue weighted by atomic mass is 10.1. The molecule has 2 aliphatic heterocycles. The minimum absolute atomic E-state index is 0.0233. The second-order valence-electron chi connectivity index (χ2n) is 6.27. The van der Waals surface area contributed by atoms with Gasteiger partial charge >= 0.3 is 0 Å². The van der Waals surface area contributed by atoms with E-state index in [-0.39, 0.29) is 6.04 Å². The Bertz CT molecular complexity index is 1050. The van der Waals surface area contributed by atoms with Gasteiger partial charge in [0.25, 0.3) is 0 Å². The van der Waals surface area contributed by atoms with Crippen LogP contribution >= 0.6 is 11.8 Å². The summed E-state index contributed by atoms with van der Waals surface area (Å²) in [7, 11) is 0. The number of hydroxylamine groups is 2. The third kappa shape index (κ3) is 4.16. The van der Waals surface area contributed by atoms with Crippen LogP contribution in [-0.2, 0) is 6.42 Å². The summed E-state index contributed by atoms with van der Waals surface area (Å²) in [5.41, 5.74) is 8.13. The number of azo groups is 1. The fraction of sp³-hybridized carbons (Fsp3) is 0.150. The van der Waals surface area contributed by atoms with Crippen LogP contribution in [0.15, 0.2) is 70.0 Å². The highest BCUT2D eigenvalue weighted by molar-refractivity contribution is 8.21. The Morgan fingerprint density at radius 1 is 1.15 bits per heavy atom. The van der Waals surface area contributed by atoms with E-state index in [2.05, 4.69) is 27.4 Å². The van der Waals surface area contributed by atoms with E-state index in [1.807, 2.05) is 42.5 Å². The molecule has 0 spiro atoms. The summed E-state index contributed by atoms with van der Waals surface area (Å²) in [6.07, 6.45) is 5.90. The van der Waals surface area contributed by atoms with E-state index in [0.717, 1.165) is 32.5 Å². The average Bonchev–Trinajstić information content (AvgIpc) is 3.16. The lowest BCUT2D eigenvalue weighted by molar-refractivity contribution is 0.0323. The molecule has 2 aromatic carbocycles. The van der Waals surface area contributed by atoms with Crippen LogP contribution in [0, 0.1) is 0 Å². The maximum atomic E-state index is 9.51. The highest BCUT2D eigenvalue weighted by Gasteiger charge is 2.16. The number of thioether (sulfide) groups is 1. The number of benzene rings is 2. The Morgan fingerprint density at radius 3 is 2.81 bits per heavy atom. The molecule has 0 aromatic heterocycles. The molecule has 0 bridgehead atoms. The summed E-state index contributed by atoms with van der Waals surface area (Å²) >= 11 is 1.45. The van der Waals surface area contributed by atoms with Crippen molar-refractivity contribution in [2.75, 3.05) is 6.54 Å². The Morgan fingerprint density at radius 2 is 2.00 bits per heavy atom. The standard InChI is InChI=1S/C20H19N5OS/c21-12-18(10-14-4-2-1-3-5-14)22-20-24-23-19(27-20)16-6-7-17-13-25(26)9-8-15(17)11-16/h1-9,11,13,18,26H,10,12,21H2/b19-16+,22-20?. The summed E-state index contributed by atoms with van der Waals surface area (Å²) in [6.45, 7) is 0.459. The Balaban J connectivity index is 1.55. The molecule has 27 heavy (non-hydrogen) atoms. The fourth-order valence-electron chi connectivity index (χ4n) is 2.92. The molecule has 0 aliphatic carbocycles. The van der Waals surface area contributed by atoms with E-state index >= 15 is 0 Å². The molecule has 1 atom stereocenters. The smallest absolute Gasteiger partial charge is 0.211 e. The van der Waals surface area contributed by atoms with E-state index in [4.69, 9.17) is 5.73 Å². The predicted molar refractivity (Wildman–Crippen MR) is 109 cm³/mol. The van der Waals surface area contributed by atoms with Crippen LogP contribution < -0.4 is 16.2 Å². The zero-order valence-electron chi connectivity index (χ0n) is 14.6. The summed E-state index contributed by atoms with van der Waals surface area (Å²) in [5.74, 6) is 0. The average molecular weight is 377 g/mol. The first-order valence-electron chi connectivity index (χ1n) is 8.64. The van der Waals surface area contributed by atoms with Crippen LogP contribution in [0.2, 0.25) is 0 Å². The van der Waals surface area contributed by atoms with Crippen LogP contribution in [0.4, 0.5) is 0 Å². The van der Waals surface area contributed by atoms with Crippen molar-refractivity contribution in [2.45, 2.75) is 12.5 Å². The molecule has 2 heterocycles. The van der Waals surface area contributed by atoms with Crippen molar-refractivity contribution in [2.24, 2.45) is 21.0 Å². The lowest BCUT2D eigenvalue weighted by Crippen LogP contribution is -2.21. The number of amidine groups is 1. The minimum atomic E-state index is -0.0233. The summed E-state index contributed by atoms with van der Waals surface area (Å²) < 4.78 is 0. The Labute approximate surface area is 161 Å². The number of fused-ring (bicyclic) bond motifs is 1. The van der Waals surface area contributed by atoms with Crippen molar-refractivity contribution in [3.8, 4) is 0 Å². The third-order valence-electron chi connectivity index (χ3n) is 4.31. The molecule has 4 rings (SSSR count). The molecular weight excluding hydrogens is 358 g/mol. The molecule has 1 unspecified atom stereocenters. The van der Waals surface area contributed by atoms with E-state index < -0.39 is 0 Å². The number of nitrogens with zero attached hydrogens (tertiary/aromatic N) is 4. The highest BCUT2D eigenvalue weighted by Crippen LogP contribution is 2.28. The van der Waals surface area contributed by atoms with Gasteiger partial charge in [-0.3, -0.25) is 10.2 Å². The number of hydrogen-bond acceptors (Lipinski definition) is 6. The largest absolute Gasteiger partial charge is 0.328 e. The topological polar surface area (TPSA) is 86.6 Å². The fourth-order valence-corrected chi connectivity index (χ4v) is 3.70. The number of nitrogens with two attached hydrogens (primary N) is 1. The van der Waals surface area contributed by atoms with E-state index in [1.54, 1.807) is 12.4 Å². The van der Waals surface area contributed by atoms with Gasteiger partial charge in [0, 0.05) is 29.4 Å². The molecule has 0 radical (unpaired) electrons. The number of aliphatic imine (C=N–C) groups is 1. The van der Waals surface area contributed by atoms with Crippen molar-refractivity contribution < 1.29 is 5.21 Å². The Hall–Kier alpha value is -2.74. The SMILES string of the molecule is NCC(Cc1ccccc1)N=C1N=N/C(=c2/ccc3c(c2)C=CN(O)C=3)S1. The van der Waals surface area contributed by atoms with E-state index in [0.29, 0.717) is 11.7 Å². The molecule has 7 heteroatoms. The van der Waals surface area contributed by atoms with Crippen LogP contribution in [0.1, 0.15) is 11.1 Å². The molecule has 2 aromatic rings. The van der Waals surface area contributed by atoms with E-state index in [9.17, 15) is 5.21 Å². The van der Waals surface area contributed by atoms with Crippen LogP contribution in [0.5, 0.6) is 0 Å². The van der Waals surface area contributed by atoms with E-state index in [1.165, 1.54) is 17.3 Å². The first kappa shape index (κ1) is 17.7. The third-order valence-corrected chi connectivity index (χ3v) is 5.19. The molecule has 6 nitrogen and oxygen atoms in total. The molecule has 0 saturated heterocycles. The van der Waals surface area contributed by atoms with Crippen molar-refractivity contribution in [3.63, 3.8) is 0 Å². The molecule has 3 N–H and O–H groups in total. The summed E-state index contributed by atoms with van der Waals surface area (Å²) in [4.78, 5) is 4.68. The van der Waals surface area contributed by atoms with Gasteiger partial charge in [0.05, 0.1) is 6.04 Å². The van der Waals surface area contributed by atoms with Gasteiger partial charge in [-0.25, -0.2) is 5.06 Å². The minimum Gasteiger partial charge on any atom is -0.328 e. The van der Waals surface area contributed by atoms with Crippen molar-refractivity contribution in [3.05, 3.63) is 76.3 Å². The molecule has 136 valence electrons. The number of rotatable bonds is 4. The van der Waals surface area contributed by atoms with Gasteiger partial charge in [-0.2, -0.15) is 0 Å². The van der Waals surface area contributed by atoms with Crippen LogP contribution in [-0.4, -0.2) is 28.0 Å². The van der Waals surface area contributed by atoms with Gasteiger partial charge < -0.3 is 5.73 Å². The van der Waals surface area contributed by atoms with Crippen molar-refractivity contribution >= 4 is 34.2 Å². The molecule has 0 amide bonds. The summed E-state index contributed by atoms with van der Waals surface area (Å²) in [5, 5.41) is 22.4. The maximum Gasteiger partial charge on any atom is 0.211 e. The van der Waals surface area contributed by atoms with Gasteiger partial charge in [0.15, 0.2) is 0 Å². The second-order valence-corrected chi connectivity index (χ2v) is 7.22. The molecular formula is C20H19N5OS. The van der Waals surface area contributed by atoms with Gasteiger partial charge in [0.1, 0.15) is 5.03 Å². The first-order chi connectivity index (χ1) is 13.2. The van der Waals surface area contributed by atoms with Gasteiger partial charge in [-0.05, 0) is 41.5 Å². The van der Waals surface area contributed by atoms with Crippen LogP contribution in [0.3, 0.4) is 0 Å². The lowest BCUT2D eigenvalue weighted by Gasteiger charge is -2.10. The van der Waals surface area contributed by atoms with Crippen LogP contribution in [0.25, 0.3) is 17.3 Å². The normalized spacial score (nSPS) is 19.9. The zero-order chi connectivity index (χ0) is 18.6. The quantitative estimate of drug-likeness (QED) is 0.856. The van der Waals surface area contributed by atoms with Gasteiger partial charge in [-0.1, -0.05) is 42.5 Å². The predicted octanol–water partition coefficient (Wildman–Crippen LogP) is 2.29. The number of hydrogen-bond donors (Lipinski definition) is 2. The molecule has 2 aliphatic rings. The first-order valence-corrected chi connectivity index (χ1v) is 9.46. The second kappa shape index (κ2) is 7.87.